The standard InChI is InChI=1S/C10H16F3N3O2/c1-7(2)14-5-9-15-8(16-18-9)3-4-17-6-10(11,12)13/h7,14H,3-6H2,1-2H3. The number of nitrogens with zero attached hydrogens (tertiary/aromatic N) is 2. The normalized spacial score (nSPS) is 12.3. The van der Waals surface area contributed by atoms with Crippen LogP contribution in [-0.4, -0.2) is 35.6 Å². The van der Waals surface area contributed by atoms with Gasteiger partial charge in [-0.3, -0.25) is 0 Å². The van der Waals surface area contributed by atoms with Gasteiger partial charge in [-0.2, -0.15) is 18.2 Å². The lowest BCUT2D eigenvalue weighted by Crippen LogP contribution is -2.22. The van der Waals surface area contributed by atoms with Gasteiger partial charge in [-0.1, -0.05) is 19.0 Å². The second-order valence-corrected chi connectivity index (χ2v) is 4.06. The van der Waals surface area contributed by atoms with Crippen molar-refractivity contribution in [3.63, 3.8) is 0 Å². The zero-order valence-corrected chi connectivity index (χ0v) is 10.3. The minimum Gasteiger partial charge on any atom is -0.372 e. The van der Waals surface area contributed by atoms with E-state index in [4.69, 9.17) is 4.52 Å². The van der Waals surface area contributed by atoms with Crippen LogP contribution in [0.3, 0.4) is 0 Å². The number of ether oxygens (including phenoxy) is 1. The fourth-order valence-electron chi connectivity index (χ4n) is 1.11. The summed E-state index contributed by atoms with van der Waals surface area (Å²) in [4.78, 5) is 4.01. The number of halogens is 3. The molecule has 0 saturated heterocycles. The highest BCUT2D eigenvalue weighted by molar-refractivity contribution is 4.86. The van der Waals surface area contributed by atoms with Crippen molar-refractivity contribution in [2.75, 3.05) is 13.2 Å². The number of hydrogen-bond acceptors (Lipinski definition) is 5. The molecule has 1 aromatic heterocycles. The molecule has 8 heteroatoms. The summed E-state index contributed by atoms with van der Waals surface area (Å²) in [5.74, 6) is 0.757. The molecule has 0 aromatic carbocycles. The van der Waals surface area contributed by atoms with Gasteiger partial charge < -0.3 is 14.6 Å². The molecule has 0 aliphatic carbocycles. The monoisotopic (exact) mass is 267 g/mol. The highest BCUT2D eigenvalue weighted by Gasteiger charge is 2.27. The third kappa shape index (κ3) is 6.55. The number of aromatic nitrogens is 2. The van der Waals surface area contributed by atoms with E-state index in [-0.39, 0.29) is 19.1 Å². The van der Waals surface area contributed by atoms with Crippen LogP contribution in [0, 0.1) is 0 Å². The molecule has 1 N–H and O–H groups in total. The lowest BCUT2D eigenvalue weighted by molar-refractivity contribution is -0.173. The van der Waals surface area contributed by atoms with E-state index in [1.165, 1.54) is 0 Å². The summed E-state index contributed by atoms with van der Waals surface area (Å²) in [6.07, 6.45) is -4.11. The zero-order valence-electron chi connectivity index (χ0n) is 10.3. The number of alkyl halides is 3. The van der Waals surface area contributed by atoms with Crippen LogP contribution in [0.15, 0.2) is 4.52 Å². The van der Waals surface area contributed by atoms with Crippen LogP contribution in [0.4, 0.5) is 13.2 Å². The Labute approximate surface area is 103 Å². The van der Waals surface area contributed by atoms with Crippen LogP contribution >= 0.6 is 0 Å². The molecule has 0 radical (unpaired) electrons. The molecule has 1 aromatic rings. The Morgan fingerprint density at radius 3 is 2.72 bits per heavy atom. The Kier molecular flexibility index (Phi) is 5.54. The van der Waals surface area contributed by atoms with E-state index < -0.39 is 12.8 Å². The summed E-state index contributed by atoms with van der Waals surface area (Å²) >= 11 is 0. The van der Waals surface area contributed by atoms with Crippen molar-refractivity contribution >= 4 is 0 Å². The molecule has 104 valence electrons. The van der Waals surface area contributed by atoms with Gasteiger partial charge in [-0.15, -0.1) is 0 Å². The van der Waals surface area contributed by atoms with E-state index >= 15 is 0 Å². The summed E-state index contributed by atoms with van der Waals surface area (Å²) in [5.41, 5.74) is 0. The average molecular weight is 267 g/mol. The molecule has 0 atom stereocenters. The zero-order chi connectivity index (χ0) is 13.6. The van der Waals surface area contributed by atoms with Gasteiger partial charge in [0, 0.05) is 12.5 Å². The second-order valence-electron chi connectivity index (χ2n) is 4.06. The van der Waals surface area contributed by atoms with Crippen LogP contribution in [0.25, 0.3) is 0 Å². The molecule has 18 heavy (non-hydrogen) atoms. The highest BCUT2D eigenvalue weighted by atomic mass is 19.4. The molecule has 0 spiro atoms. The van der Waals surface area contributed by atoms with Crippen molar-refractivity contribution in [3.05, 3.63) is 11.7 Å². The van der Waals surface area contributed by atoms with Gasteiger partial charge in [-0.05, 0) is 0 Å². The fraction of sp³-hybridized carbons (Fsp3) is 0.800. The molecule has 1 rings (SSSR count). The first-order chi connectivity index (χ1) is 8.37. The van der Waals surface area contributed by atoms with Crippen molar-refractivity contribution in [1.82, 2.24) is 15.5 Å². The van der Waals surface area contributed by atoms with Gasteiger partial charge in [-0.25, -0.2) is 0 Å². The quantitative estimate of drug-likeness (QED) is 0.762. The van der Waals surface area contributed by atoms with Crippen molar-refractivity contribution in [2.24, 2.45) is 0 Å². The Bertz CT molecular complexity index is 352. The minimum atomic E-state index is -4.30. The Balaban J connectivity index is 2.23. The molecule has 0 fully saturated rings. The summed E-state index contributed by atoms with van der Waals surface area (Å²) in [6.45, 7) is 3.04. The molecule has 5 nitrogen and oxygen atoms in total. The Hall–Kier alpha value is -1.15. The average Bonchev–Trinajstić information content (AvgIpc) is 2.68. The van der Waals surface area contributed by atoms with Gasteiger partial charge in [0.15, 0.2) is 5.82 Å². The molecule has 1 heterocycles. The van der Waals surface area contributed by atoms with Crippen molar-refractivity contribution < 1.29 is 22.4 Å². The van der Waals surface area contributed by atoms with Crippen LogP contribution in [-0.2, 0) is 17.7 Å². The largest absolute Gasteiger partial charge is 0.411 e. The number of rotatable bonds is 7. The van der Waals surface area contributed by atoms with Crippen molar-refractivity contribution in [1.29, 1.82) is 0 Å². The highest BCUT2D eigenvalue weighted by Crippen LogP contribution is 2.14. The number of hydrogen-bond donors (Lipinski definition) is 1. The molecule has 0 unspecified atom stereocenters. The van der Waals surface area contributed by atoms with Gasteiger partial charge >= 0.3 is 6.18 Å². The first-order valence-electron chi connectivity index (χ1n) is 5.56. The SMILES string of the molecule is CC(C)NCc1nc(CCOCC(F)(F)F)no1. The molecular weight excluding hydrogens is 251 g/mol. The minimum absolute atomic E-state index is 0.0872. The van der Waals surface area contributed by atoms with Crippen LogP contribution in [0.2, 0.25) is 0 Å². The summed E-state index contributed by atoms with van der Waals surface area (Å²) < 4.78 is 44.7. The Morgan fingerprint density at radius 2 is 2.11 bits per heavy atom. The van der Waals surface area contributed by atoms with E-state index in [1.807, 2.05) is 13.8 Å². The van der Waals surface area contributed by atoms with E-state index in [0.29, 0.717) is 18.3 Å². The smallest absolute Gasteiger partial charge is 0.372 e. The van der Waals surface area contributed by atoms with E-state index in [2.05, 4.69) is 20.2 Å². The van der Waals surface area contributed by atoms with Gasteiger partial charge in [0.25, 0.3) is 0 Å². The molecule has 0 saturated carbocycles. The fourth-order valence-corrected chi connectivity index (χ4v) is 1.11. The maximum Gasteiger partial charge on any atom is 0.411 e. The van der Waals surface area contributed by atoms with Crippen LogP contribution in [0.5, 0.6) is 0 Å². The van der Waals surface area contributed by atoms with Gasteiger partial charge in [0.2, 0.25) is 5.89 Å². The van der Waals surface area contributed by atoms with Gasteiger partial charge in [0.1, 0.15) is 6.61 Å². The van der Waals surface area contributed by atoms with E-state index in [0.717, 1.165) is 0 Å². The third-order valence-corrected chi connectivity index (χ3v) is 1.91. The van der Waals surface area contributed by atoms with Crippen molar-refractivity contribution in [3.8, 4) is 0 Å². The molecule has 0 amide bonds. The van der Waals surface area contributed by atoms with Gasteiger partial charge in [0.05, 0.1) is 13.2 Å². The molecular formula is C10H16F3N3O2. The van der Waals surface area contributed by atoms with E-state index in [9.17, 15) is 13.2 Å². The first kappa shape index (κ1) is 14.9. The predicted octanol–water partition coefficient (Wildman–Crippen LogP) is 1.69. The molecule has 0 aliphatic rings. The third-order valence-electron chi connectivity index (χ3n) is 1.91. The predicted molar refractivity (Wildman–Crippen MR) is 56.9 cm³/mol. The summed E-state index contributed by atoms with van der Waals surface area (Å²) in [6, 6.07) is 0.287. The summed E-state index contributed by atoms with van der Waals surface area (Å²) in [7, 11) is 0. The topological polar surface area (TPSA) is 60.2 Å². The maximum absolute atomic E-state index is 11.8. The second kappa shape index (κ2) is 6.69. The lowest BCUT2D eigenvalue weighted by Gasteiger charge is -2.05. The summed E-state index contributed by atoms with van der Waals surface area (Å²) in [5, 5.41) is 6.73. The first-order valence-corrected chi connectivity index (χ1v) is 5.56. The van der Waals surface area contributed by atoms with E-state index in [1.54, 1.807) is 0 Å². The lowest BCUT2D eigenvalue weighted by atomic mass is 10.4. The maximum atomic E-state index is 11.8. The molecule has 0 bridgehead atoms. The van der Waals surface area contributed by atoms with Crippen LogP contribution < -0.4 is 5.32 Å². The Morgan fingerprint density at radius 1 is 1.39 bits per heavy atom. The van der Waals surface area contributed by atoms with Crippen LogP contribution in [0.1, 0.15) is 25.6 Å². The molecule has 0 aliphatic heterocycles. The number of nitrogens with one attached hydrogen (secondary N) is 1. The van der Waals surface area contributed by atoms with Crippen molar-refractivity contribution in [2.45, 2.75) is 39.0 Å².